The van der Waals surface area contributed by atoms with Gasteiger partial charge in [-0.05, 0) is 45.7 Å². The molecule has 1 heterocycles. The predicted molar refractivity (Wildman–Crippen MR) is 112 cm³/mol. The van der Waals surface area contributed by atoms with Crippen molar-refractivity contribution in [2.24, 2.45) is 5.92 Å². The molecule has 0 bridgehead atoms. The second-order valence-corrected chi connectivity index (χ2v) is 6.66. The molecule has 1 aliphatic rings. The van der Waals surface area contributed by atoms with E-state index in [0.717, 1.165) is 0 Å². The van der Waals surface area contributed by atoms with Crippen LogP contribution in [0.1, 0.15) is 33.6 Å². The highest BCUT2D eigenvalue weighted by Crippen LogP contribution is 2.30. The molecule has 0 spiro atoms. The van der Waals surface area contributed by atoms with Gasteiger partial charge < -0.3 is 24.4 Å². The normalized spacial score (nSPS) is 14.6. The fourth-order valence-corrected chi connectivity index (χ4v) is 3.19. The van der Waals surface area contributed by atoms with Crippen molar-refractivity contribution in [3.05, 3.63) is 30.0 Å². The van der Waals surface area contributed by atoms with Gasteiger partial charge >= 0.3 is 5.97 Å². The second kappa shape index (κ2) is 11.7. The lowest BCUT2D eigenvalue weighted by Crippen LogP contribution is -2.41. The molecule has 162 valence electrons. The van der Waals surface area contributed by atoms with Crippen LogP contribution in [0.4, 0.5) is 5.69 Å². The van der Waals surface area contributed by atoms with Crippen LogP contribution < -0.4 is 14.8 Å². The fraction of sp³-hybridized carbons (Fsp3) is 0.500. The summed E-state index contributed by atoms with van der Waals surface area (Å²) >= 11 is 0. The Balaban J connectivity index is 2.02. The molecular formula is C22H29N3O5. The molecule has 1 aromatic rings. The molecule has 1 aromatic carbocycles. The van der Waals surface area contributed by atoms with Crippen LogP contribution in [-0.2, 0) is 14.3 Å². The predicted octanol–water partition coefficient (Wildman–Crippen LogP) is 3.11. The maximum absolute atomic E-state index is 12.7. The Hall–Kier alpha value is -3.21. The zero-order valence-corrected chi connectivity index (χ0v) is 17.8. The minimum atomic E-state index is -0.358. The Bertz CT molecular complexity index is 807. The van der Waals surface area contributed by atoms with Crippen molar-refractivity contribution in [2.45, 2.75) is 33.6 Å². The number of carbonyl (C=O) groups is 2. The van der Waals surface area contributed by atoms with E-state index in [1.165, 1.54) is 6.20 Å². The Labute approximate surface area is 177 Å². The highest BCUT2D eigenvalue weighted by Gasteiger charge is 2.29. The van der Waals surface area contributed by atoms with Gasteiger partial charge in [-0.1, -0.05) is 0 Å². The molecule has 1 amide bonds. The monoisotopic (exact) mass is 415 g/mol. The summed E-state index contributed by atoms with van der Waals surface area (Å²) in [7, 11) is 0. The van der Waals surface area contributed by atoms with Gasteiger partial charge in [0.25, 0.3) is 5.91 Å². The van der Waals surface area contributed by atoms with Crippen LogP contribution in [0.2, 0.25) is 0 Å². The summed E-state index contributed by atoms with van der Waals surface area (Å²) < 4.78 is 16.2. The maximum atomic E-state index is 12.7. The van der Waals surface area contributed by atoms with Crippen molar-refractivity contribution >= 4 is 17.6 Å². The number of benzene rings is 1. The van der Waals surface area contributed by atoms with E-state index in [0.29, 0.717) is 62.9 Å². The Morgan fingerprint density at radius 3 is 2.40 bits per heavy atom. The molecule has 0 saturated carbocycles. The molecular weight excluding hydrogens is 386 g/mol. The number of nitriles is 1. The number of likely N-dealkylation sites (tertiary alicyclic amines) is 1. The minimum Gasteiger partial charge on any atom is -0.490 e. The van der Waals surface area contributed by atoms with Crippen LogP contribution in [0.25, 0.3) is 0 Å². The van der Waals surface area contributed by atoms with E-state index in [-0.39, 0.29) is 23.4 Å². The number of hydrogen-bond acceptors (Lipinski definition) is 7. The number of carbonyl (C=O) groups excluding carboxylic acids is 2. The molecule has 0 aromatic heterocycles. The largest absolute Gasteiger partial charge is 0.490 e. The van der Waals surface area contributed by atoms with Crippen molar-refractivity contribution in [1.82, 2.24) is 4.90 Å². The van der Waals surface area contributed by atoms with E-state index in [9.17, 15) is 14.9 Å². The highest BCUT2D eigenvalue weighted by molar-refractivity contribution is 5.97. The quantitative estimate of drug-likeness (QED) is 0.376. The molecule has 0 aliphatic carbocycles. The van der Waals surface area contributed by atoms with Crippen molar-refractivity contribution in [1.29, 1.82) is 5.26 Å². The third-order valence-electron chi connectivity index (χ3n) is 4.68. The average molecular weight is 415 g/mol. The van der Waals surface area contributed by atoms with Gasteiger partial charge in [0.15, 0.2) is 11.5 Å². The first-order chi connectivity index (χ1) is 14.5. The number of rotatable bonds is 9. The number of ether oxygens (including phenoxy) is 3. The van der Waals surface area contributed by atoms with Gasteiger partial charge in [-0.25, -0.2) is 0 Å². The van der Waals surface area contributed by atoms with E-state index in [4.69, 9.17) is 14.2 Å². The van der Waals surface area contributed by atoms with Crippen molar-refractivity contribution in [2.75, 3.05) is 38.2 Å². The summed E-state index contributed by atoms with van der Waals surface area (Å²) in [5.74, 6) is 0.451. The van der Waals surface area contributed by atoms with Crippen LogP contribution in [-0.4, -0.2) is 49.7 Å². The molecule has 0 unspecified atom stereocenters. The Morgan fingerprint density at radius 2 is 1.80 bits per heavy atom. The van der Waals surface area contributed by atoms with Crippen LogP contribution in [0.5, 0.6) is 11.5 Å². The van der Waals surface area contributed by atoms with Crippen molar-refractivity contribution < 1.29 is 23.8 Å². The zero-order valence-electron chi connectivity index (χ0n) is 17.8. The number of hydrogen-bond donors (Lipinski definition) is 1. The standard InChI is InChI=1S/C22H29N3O5/c1-4-28-19-8-7-18(13-20(19)29-5-2)24-15-17(14-23)21(26)25-11-9-16(10-12-25)22(27)30-6-3/h7-8,13,15-16,24H,4-6,9-12H2,1-3H3/b17-15-. The molecule has 1 saturated heterocycles. The van der Waals surface area contributed by atoms with Crippen LogP contribution in [0.15, 0.2) is 30.0 Å². The first-order valence-electron chi connectivity index (χ1n) is 10.3. The molecule has 0 atom stereocenters. The van der Waals surface area contributed by atoms with E-state index >= 15 is 0 Å². The van der Waals surface area contributed by atoms with Gasteiger partial charge in [-0.3, -0.25) is 9.59 Å². The molecule has 8 heteroatoms. The summed E-state index contributed by atoms with van der Waals surface area (Å²) in [6.07, 6.45) is 2.46. The Morgan fingerprint density at radius 1 is 1.13 bits per heavy atom. The van der Waals surface area contributed by atoms with Gasteiger partial charge in [0, 0.05) is 31.0 Å². The molecule has 1 fully saturated rings. The SMILES string of the molecule is CCOC(=O)C1CCN(C(=O)/C(C#N)=C\Nc2ccc(OCC)c(OCC)c2)CC1. The maximum Gasteiger partial charge on any atom is 0.309 e. The third kappa shape index (κ3) is 6.14. The molecule has 1 N–H and O–H groups in total. The van der Waals surface area contributed by atoms with Crippen LogP contribution in [0, 0.1) is 17.2 Å². The highest BCUT2D eigenvalue weighted by atomic mass is 16.5. The van der Waals surface area contributed by atoms with E-state index in [1.54, 1.807) is 30.0 Å². The topological polar surface area (TPSA) is 101 Å². The summed E-state index contributed by atoms with van der Waals surface area (Å²) in [6, 6.07) is 7.28. The summed E-state index contributed by atoms with van der Waals surface area (Å²) in [6.45, 7) is 7.74. The fourth-order valence-electron chi connectivity index (χ4n) is 3.19. The first kappa shape index (κ1) is 23.1. The third-order valence-corrected chi connectivity index (χ3v) is 4.68. The summed E-state index contributed by atoms with van der Waals surface area (Å²) in [5.41, 5.74) is 0.667. The number of amides is 1. The number of piperidine rings is 1. The van der Waals surface area contributed by atoms with Crippen molar-refractivity contribution in [3.8, 4) is 17.6 Å². The molecule has 1 aliphatic heterocycles. The minimum absolute atomic E-state index is 0.00331. The van der Waals surface area contributed by atoms with Gasteiger partial charge in [-0.15, -0.1) is 0 Å². The molecule has 2 rings (SSSR count). The molecule has 0 radical (unpaired) electrons. The van der Waals surface area contributed by atoms with Crippen molar-refractivity contribution in [3.63, 3.8) is 0 Å². The van der Waals surface area contributed by atoms with Gasteiger partial charge in [0.1, 0.15) is 11.6 Å². The number of anilines is 1. The lowest BCUT2D eigenvalue weighted by molar-refractivity contribution is -0.150. The lowest BCUT2D eigenvalue weighted by Gasteiger charge is -2.30. The van der Waals surface area contributed by atoms with E-state index < -0.39 is 0 Å². The smallest absolute Gasteiger partial charge is 0.309 e. The number of esters is 1. The van der Waals surface area contributed by atoms with Gasteiger partial charge in [-0.2, -0.15) is 5.26 Å². The Kier molecular flexibility index (Phi) is 9.01. The second-order valence-electron chi connectivity index (χ2n) is 6.66. The van der Waals surface area contributed by atoms with E-state index in [1.807, 2.05) is 19.9 Å². The number of nitrogens with one attached hydrogen (secondary N) is 1. The van der Waals surface area contributed by atoms with E-state index in [2.05, 4.69) is 5.32 Å². The first-order valence-corrected chi connectivity index (χ1v) is 10.3. The summed E-state index contributed by atoms with van der Waals surface area (Å²) in [4.78, 5) is 26.1. The molecule has 30 heavy (non-hydrogen) atoms. The summed E-state index contributed by atoms with van der Waals surface area (Å²) in [5, 5.41) is 12.4. The van der Waals surface area contributed by atoms with Crippen LogP contribution in [0.3, 0.4) is 0 Å². The number of nitrogens with zero attached hydrogens (tertiary/aromatic N) is 2. The lowest BCUT2D eigenvalue weighted by atomic mass is 9.96. The average Bonchev–Trinajstić information content (AvgIpc) is 2.76. The molecule has 8 nitrogen and oxygen atoms in total. The van der Waals surface area contributed by atoms with Gasteiger partial charge in [0.2, 0.25) is 0 Å². The zero-order chi connectivity index (χ0) is 21.9. The van der Waals surface area contributed by atoms with Crippen LogP contribution >= 0.6 is 0 Å². The van der Waals surface area contributed by atoms with Gasteiger partial charge in [0.05, 0.1) is 25.7 Å².